The molecule has 0 fully saturated rings. The first-order valence-electron chi connectivity index (χ1n) is 8.08. The van der Waals surface area contributed by atoms with Gasteiger partial charge in [-0.3, -0.25) is 4.79 Å². The number of methoxy groups -OCH3 is 1. The van der Waals surface area contributed by atoms with Crippen LogP contribution in [0.5, 0.6) is 5.75 Å². The summed E-state index contributed by atoms with van der Waals surface area (Å²) >= 11 is 12.0. The van der Waals surface area contributed by atoms with E-state index in [1.807, 2.05) is 0 Å². The van der Waals surface area contributed by atoms with E-state index in [1.165, 1.54) is 38.3 Å². The summed E-state index contributed by atoms with van der Waals surface area (Å²) in [6, 6.07) is 8.70. The summed E-state index contributed by atoms with van der Waals surface area (Å²) in [5.74, 6) is -1.25. The van der Waals surface area contributed by atoms with Crippen LogP contribution >= 0.6 is 23.2 Å². The quantitative estimate of drug-likeness (QED) is 0.695. The smallest absolute Gasteiger partial charge is 0.339 e. The standard InChI is InChI=1S/C19H18Cl2FNO4/c1-11(18(24)23-8-7-12-3-5-14(22)6-4-12)27-19(25)13-9-15(20)17(26-2)16(21)10-13/h3-6,9-11H,7-8H2,1-2H3,(H,23,24)/t11-/m1/s1. The first kappa shape index (κ1) is 21.0. The van der Waals surface area contributed by atoms with Crippen LogP contribution in [0.3, 0.4) is 0 Å². The van der Waals surface area contributed by atoms with E-state index in [0.717, 1.165) is 5.56 Å². The van der Waals surface area contributed by atoms with Crippen LogP contribution in [-0.2, 0) is 16.0 Å². The van der Waals surface area contributed by atoms with Gasteiger partial charge in [-0.1, -0.05) is 35.3 Å². The zero-order chi connectivity index (χ0) is 20.0. The molecule has 1 N–H and O–H groups in total. The number of carbonyl (C=O) groups is 2. The molecule has 0 aliphatic rings. The molecule has 0 heterocycles. The summed E-state index contributed by atoms with van der Waals surface area (Å²) in [7, 11) is 1.41. The van der Waals surface area contributed by atoms with E-state index in [-0.39, 0.29) is 27.2 Å². The Bertz CT molecular complexity index is 804. The Labute approximate surface area is 166 Å². The molecule has 0 bridgehead atoms. The minimum absolute atomic E-state index is 0.108. The van der Waals surface area contributed by atoms with Gasteiger partial charge in [0.15, 0.2) is 11.9 Å². The predicted octanol–water partition coefficient (Wildman–Crippen LogP) is 4.05. The molecule has 0 saturated carbocycles. The molecule has 0 saturated heterocycles. The largest absolute Gasteiger partial charge is 0.494 e. The molecule has 5 nitrogen and oxygen atoms in total. The van der Waals surface area contributed by atoms with Crippen LogP contribution < -0.4 is 10.1 Å². The molecular formula is C19H18Cl2FNO4. The van der Waals surface area contributed by atoms with Gasteiger partial charge < -0.3 is 14.8 Å². The predicted molar refractivity (Wildman–Crippen MR) is 101 cm³/mol. The average molecular weight is 414 g/mol. The summed E-state index contributed by atoms with van der Waals surface area (Å²) < 4.78 is 23.0. The van der Waals surface area contributed by atoms with Crippen LogP contribution in [0.1, 0.15) is 22.8 Å². The zero-order valence-electron chi connectivity index (χ0n) is 14.7. The molecule has 2 aromatic carbocycles. The third-order valence-corrected chi connectivity index (χ3v) is 4.28. The molecule has 1 amide bonds. The summed E-state index contributed by atoms with van der Waals surface area (Å²) in [6.45, 7) is 1.78. The lowest BCUT2D eigenvalue weighted by Crippen LogP contribution is -2.36. The van der Waals surface area contributed by atoms with E-state index < -0.39 is 18.0 Å². The number of amides is 1. The molecule has 0 radical (unpaired) electrons. The maximum Gasteiger partial charge on any atom is 0.339 e. The first-order valence-corrected chi connectivity index (χ1v) is 8.83. The lowest BCUT2D eigenvalue weighted by molar-refractivity contribution is -0.129. The van der Waals surface area contributed by atoms with Crippen molar-refractivity contribution >= 4 is 35.1 Å². The van der Waals surface area contributed by atoms with Crippen LogP contribution in [0.2, 0.25) is 10.0 Å². The lowest BCUT2D eigenvalue weighted by Gasteiger charge is -2.14. The highest BCUT2D eigenvalue weighted by atomic mass is 35.5. The fourth-order valence-electron chi connectivity index (χ4n) is 2.28. The fraction of sp³-hybridized carbons (Fsp3) is 0.263. The Balaban J connectivity index is 1.88. The fourth-order valence-corrected chi connectivity index (χ4v) is 2.92. The molecule has 1 atom stereocenters. The van der Waals surface area contributed by atoms with Gasteiger partial charge in [-0.2, -0.15) is 0 Å². The van der Waals surface area contributed by atoms with Crippen LogP contribution in [0, 0.1) is 5.82 Å². The third kappa shape index (κ3) is 5.84. The van der Waals surface area contributed by atoms with Gasteiger partial charge in [-0.25, -0.2) is 9.18 Å². The van der Waals surface area contributed by atoms with Gasteiger partial charge in [0.1, 0.15) is 5.82 Å². The number of halogens is 3. The molecule has 2 rings (SSSR count). The highest BCUT2D eigenvalue weighted by Gasteiger charge is 2.20. The van der Waals surface area contributed by atoms with Gasteiger partial charge in [-0.05, 0) is 43.2 Å². The van der Waals surface area contributed by atoms with Crippen molar-refractivity contribution in [2.24, 2.45) is 0 Å². The van der Waals surface area contributed by atoms with E-state index in [9.17, 15) is 14.0 Å². The Kier molecular flexibility index (Phi) is 7.45. The minimum Gasteiger partial charge on any atom is -0.494 e. The van der Waals surface area contributed by atoms with Crippen molar-refractivity contribution < 1.29 is 23.5 Å². The zero-order valence-corrected chi connectivity index (χ0v) is 16.2. The molecular weight excluding hydrogens is 396 g/mol. The van der Waals surface area contributed by atoms with Gasteiger partial charge in [0, 0.05) is 6.54 Å². The number of hydrogen-bond donors (Lipinski definition) is 1. The van der Waals surface area contributed by atoms with Crippen molar-refractivity contribution in [2.45, 2.75) is 19.4 Å². The van der Waals surface area contributed by atoms with E-state index in [1.54, 1.807) is 12.1 Å². The van der Waals surface area contributed by atoms with E-state index in [0.29, 0.717) is 13.0 Å². The van der Waals surface area contributed by atoms with E-state index in [2.05, 4.69) is 5.32 Å². The topological polar surface area (TPSA) is 64.6 Å². The average Bonchev–Trinajstić information content (AvgIpc) is 2.62. The maximum absolute atomic E-state index is 12.9. The normalized spacial score (nSPS) is 11.6. The van der Waals surface area contributed by atoms with Gasteiger partial charge in [-0.15, -0.1) is 0 Å². The first-order chi connectivity index (χ1) is 12.8. The number of esters is 1. The molecule has 0 aromatic heterocycles. The Morgan fingerprint density at radius 3 is 2.30 bits per heavy atom. The minimum atomic E-state index is -1.01. The molecule has 144 valence electrons. The van der Waals surface area contributed by atoms with E-state index in [4.69, 9.17) is 32.7 Å². The van der Waals surface area contributed by atoms with Crippen LogP contribution in [0.15, 0.2) is 36.4 Å². The molecule has 2 aromatic rings. The van der Waals surface area contributed by atoms with Crippen LogP contribution in [0.4, 0.5) is 4.39 Å². The van der Waals surface area contributed by atoms with Crippen LogP contribution in [0.25, 0.3) is 0 Å². The lowest BCUT2D eigenvalue weighted by atomic mass is 10.1. The number of hydrogen-bond acceptors (Lipinski definition) is 4. The highest BCUT2D eigenvalue weighted by molar-refractivity contribution is 6.37. The second-order valence-corrected chi connectivity index (χ2v) is 6.50. The second kappa shape index (κ2) is 9.58. The van der Waals surface area contributed by atoms with Crippen molar-refractivity contribution in [2.75, 3.05) is 13.7 Å². The summed E-state index contributed by atoms with van der Waals surface area (Å²) in [5, 5.41) is 2.98. The maximum atomic E-state index is 12.9. The monoisotopic (exact) mass is 413 g/mol. The SMILES string of the molecule is COc1c(Cl)cc(C(=O)O[C@H](C)C(=O)NCCc2ccc(F)cc2)cc1Cl. The van der Waals surface area contributed by atoms with Gasteiger partial charge >= 0.3 is 5.97 Å². The van der Waals surface area contributed by atoms with Crippen molar-refractivity contribution in [1.82, 2.24) is 5.32 Å². The third-order valence-electron chi connectivity index (χ3n) is 3.72. The van der Waals surface area contributed by atoms with Crippen molar-refractivity contribution in [1.29, 1.82) is 0 Å². The van der Waals surface area contributed by atoms with E-state index >= 15 is 0 Å². The Morgan fingerprint density at radius 1 is 1.15 bits per heavy atom. The van der Waals surface area contributed by atoms with Gasteiger partial charge in [0.25, 0.3) is 5.91 Å². The molecule has 27 heavy (non-hydrogen) atoms. The second-order valence-electron chi connectivity index (χ2n) is 5.69. The molecule has 8 heteroatoms. The molecule has 0 spiro atoms. The van der Waals surface area contributed by atoms with Gasteiger partial charge in [0.05, 0.1) is 22.7 Å². The van der Waals surface area contributed by atoms with Crippen molar-refractivity contribution in [3.8, 4) is 5.75 Å². The Morgan fingerprint density at radius 2 is 1.74 bits per heavy atom. The van der Waals surface area contributed by atoms with Crippen molar-refractivity contribution in [3.63, 3.8) is 0 Å². The molecule has 0 aliphatic heterocycles. The Hall–Kier alpha value is -2.31. The highest BCUT2D eigenvalue weighted by Crippen LogP contribution is 2.34. The summed E-state index contributed by atoms with van der Waals surface area (Å²) in [5.41, 5.74) is 0.987. The number of nitrogens with one attached hydrogen (secondary N) is 1. The van der Waals surface area contributed by atoms with Crippen LogP contribution in [-0.4, -0.2) is 31.6 Å². The molecule has 0 aliphatic carbocycles. The number of ether oxygens (including phenoxy) is 2. The number of rotatable bonds is 7. The number of carbonyl (C=O) groups excluding carboxylic acids is 2. The number of benzene rings is 2. The van der Waals surface area contributed by atoms with Crippen molar-refractivity contribution in [3.05, 3.63) is 63.4 Å². The van der Waals surface area contributed by atoms with Gasteiger partial charge in [0.2, 0.25) is 0 Å². The summed E-state index contributed by atoms with van der Waals surface area (Å²) in [4.78, 5) is 24.3. The summed E-state index contributed by atoms with van der Waals surface area (Å²) in [6.07, 6.45) is -0.485. The molecule has 0 unspecified atom stereocenters.